The minimum Gasteiger partial charge on any atom is -0.337 e. The van der Waals surface area contributed by atoms with E-state index in [0.29, 0.717) is 6.04 Å². The lowest BCUT2D eigenvalue weighted by Crippen LogP contribution is -2.46. The van der Waals surface area contributed by atoms with Gasteiger partial charge in [0, 0.05) is 51.9 Å². The first-order chi connectivity index (χ1) is 8.24. The van der Waals surface area contributed by atoms with Crippen LogP contribution in [0.5, 0.6) is 0 Å². The van der Waals surface area contributed by atoms with Crippen molar-refractivity contribution in [3.05, 3.63) is 12.7 Å². The third-order valence-corrected chi connectivity index (χ3v) is 2.85. The van der Waals surface area contributed by atoms with E-state index in [9.17, 15) is 4.79 Å². The van der Waals surface area contributed by atoms with E-state index in [1.807, 2.05) is 0 Å². The van der Waals surface area contributed by atoms with Crippen molar-refractivity contribution in [2.24, 2.45) is 0 Å². The van der Waals surface area contributed by atoms with E-state index in [2.05, 4.69) is 29.5 Å². The lowest BCUT2D eigenvalue weighted by Gasteiger charge is -2.25. The van der Waals surface area contributed by atoms with E-state index >= 15 is 0 Å². The van der Waals surface area contributed by atoms with Gasteiger partial charge in [-0.15, -0.1) is 0 Å². The van der Waals surface area contributed by atoms with E-state index in [-0.39, 0.29) is 5.91 Å². The third-order valence-electron chi connectivity index (χ3n) is 2.85. The molecule has 2 rings (SSSR count). The summed E-state index contributed by atoms with van der Waals surface area (Å²) in [5.41, 5.74) is 0. The Morgan fingerprint density at radius 1 is 1.24 bits per heavy atom. The highest BCUT2D eigenvalue weighted by Gasteiger charge is 2.11. The molecule has 0 aromatic rings. The number of hydrogen-bond donors (Lipinski definition) is 3. The molecule has 0 radical (unpaired) electrons. The van der Waals surface area contributed by atoms with Crippen molar-refractivity contribution in [3.63, 3.8) is 0 Å². The molecule has 0 spiro atoms. The van der Waals surface area contributed by atoms with Gasteiger partial charge in [-0.05, 0) is 13.0 Å². The molecule has 1 amide bonds. The molecule has 2 heterocycles. The van der Waals surface area contributed by atoms with Gasteiger partial charge < -0.3 is 20.9 Å². The number of piperazine rings is 2. The number of nitrogens with one attached hydrogen (secondary N) is 3. The molecule has 17 heavy (non-hydrogen) atoms. The second-order valence-corrected chi connectivity index (χ2v) is 4.34. The molecular weight excluding hydrogens is 216 g/mol. The first kappa shape index (κ1) is 14.2. The van der Waals surface area contributed by atoms with Crippen molar-refractivity contribution < 1.29 is 4.79 Å². The molecule has 98 valence electrons. The van der Waals surface area contributed by atoms with E-state index in [0.717, 1.165) is 45.8 Å². The normalized spacial score (nSPS) is 24.5. The van der Waals surface area contributed by atoms with Crippen LogP contribution in [-0.2, 0) is 4.79 Å². The summed E-state index contributed by atoms with van der Waals surface area (Å²) in [6.45, 7) is 12.4. The summed E-state index contributed by atoms with van der Waals surface area (Å²) in [4.78, 5) is 12.7. The minimum atomic E-state index is 0.0431. The van der Waals surface area contributed by atoms with E-state index < -0.39 is 0 Å². The second kappa shape index (κ2) is 8.22. The average molecular weight is 240 g/mol. The van der Waals surface area contributed by atoms with Gasteiger partial charge in [0.15, 0.2) is 0 Å². The lowest BCUT2D eigenvalue weighted by molar-refractivity contribution is -0.126. The van der Waals surface area contributed by atoms with Crippen LogP contribution in [0.25, 0.3) is 0 Å². The van der Waals surface area contributed by atoms with Gasteiger partial charge in [0.2, 0.25) is 5.91 Å². The Morgan fingerprint density at radius 3 is 2.35 bits per heavy atom. The van der Waals surface area contributed by atoms with Gasteiger partial charge in [0.1, 0.15) is 0 Å². The Hall–Kier alpha value is -0.910. The van der Waals surface area contributed by atoms with Crippen LogP contribution < -0.4 is 16.0 Å². The molecule has 2 aliphatic heterocycles. The molecule has 0 saturated carbocycles. The van der Waals surface area contributed by atoms with Gasteiger partial charge in [0.05, 0.1) is 0 Å². The van der Waals surface area contributed by atoms with Crippen molar-refractivity contribution in [2.75, 3.05) is 45.8 Å². The highest BCUT2D eigenvalue weighted by Crippen LogP contribution is 1.92. The first-order valence-corrected chi connectivity index (χ1v) is 6.30. The van der Waals surface area contributed by atoms with Crippen LogP contribution in [-0.4, -0.2) is 62.7 Å². The fourth-order valence-corrected chi connectivity index (χ4v) is 1.81. The standard InChI is InChI=1S/C7H12N2O.C5H12N2/c1-2-7(10)9-5-3-8-4-6-9;1-5-4-6-2-3-7-5/h2,8H,1,3-6H2;5-7H,2-4H2,1H3. The van der Waals surface area contributed by atoms with Crippen molar-refractivity contribution >= 4 is 5.91 Å². The molecule has 5 heteroatoms. The minimum absolute atomic E-state index is 0.0431. The zero-order chi connectivity index (χ0) is 12.5. The fraction of sp³-hybridized carbons (Fsp3) is 0.750. The van der Waals surface area contributed by atoms with Crippen molar-refractivity contribution in [2.45, 2.75) is 13.0 Å². The molecule has 0 aliphatic carbocycles. The molecule has 1 atom stereocenters. The molecule has 2 saturated heterocycles. The lowest BCUT2D eigenvalue weighted by atomic mass is 10.3. The predicted octanol–water partition coefficient (Wildman–Crippen LogP) is -0.828. The molecule has 0 aromatic carbocycles. The van der Waals surface area contributed by atoms with Gasteiger partial charge in [-0.2, -0.15) is 0 Å². The second-order valence-electron chi connectivity index (χ2n) is 4.34. The highest BCUT2D eigenvalue weighted by atomic mass is 16.2. The highest BCUT2D eigenvalue weighted by molar-refractivity contribution is 5.87. The van der Waals surface area contributed by atoms with Crippen LogP contribution >= 0.6 is 0 Å². The van der Waals surface area contributed by atoms with Crippen LogP contribution in [0.4, 0.5) is 0 Å². The summed E-state index contributed by atoms with van der Waals surface area (Å²) < 4.78 is 0. The Balaban J connectivity index is 0.000000181. The maximum absolute atomic E-state index is 10.9. The van der Waals surface area contributed by atoms with E-state index in [1.165, 1.54) is 6.08 Å². The number of nitrogens with zero attached hydrogens (tertiary/aromatic N) is 1. The van der Waals surface area contributed by atoms with Crippen LogP contribution in [0.15, 0.2) is 12.7 Å². The molecule has 1 unspecified atom stereocenters. The quantitative estimate of drug-likeness (QED) is 0.524. The molecule has 0 aromatic heterocycles. The van der Waals surface area contributed by atoms with Crippen molar-refractivity contribution in [1.29, 1.82) is 0 Å². The zero-order valence-corrected chi connectivity index (χ0v) is 10.7. The fourth-order valence-electron chi connectivity index (χ4n) is 1.81. The van der Waals surface area contributed by atoms with E-state index in [1.54, 1.807) is 4.90 Å². The predicted molar refractivity (Wildman–Crippen MR) is 70.0 cm³/mol. The van der Waals surface area contributed by atoms with Crippen LogP contribution in [0, 0.1) is 0 Å². The summed E-state index contributed by atoms with van der Waals surface area (Å²) in [5.74, 6) is 0.0431. The summed E-state index contributed by atoms with van der Waals surface area (Å²) in [5, 5.41) is 9.76. The Bertz CT molecular complexity index is 233. The largest absolute Gasteiger partial charge is 0.337 e. The van der Waals surface area contributed by atoms with Gasteiger partial charge >= 0.3 is 0 Å². The monoisotopic (exact) mass is 240 g/mol. The van der Waals surface area contributed by atoms with Gasteiger partial charge in [0.25, 0.3) is 0 Å². The summed E-state index contributed by atoms with van der Waals surface area (Å²) in [7, 11) is 0. The number of hydrogen-bond acceptors (Lipinski definition) is 4. The molecule has 2 fully saturated rings. The van der Waals surface area contributed by atoms with Crippen molar-refractivity contribution in [1.82, 2.24) is 20.9 Å². The number of carbonyl (C=O) groups is 1. The molecule has 2 aliphatic rings. The summed E-state index contributed by atoms with van der Waals surface area (Å²) >= 11 is 0. The topological polar surface area (TPSA) is 56.4 Å². The Kier molecular flexibility index (Phi) is 6.84. The Labute approximate surface area is 104 Å². The van der Waals surface area contributed by atoms with Crippen molar-refractivity contribution in [3.8, 4) is 0 Å². The van der Waals surface area contributed by atoms with Crippen LogP contribution in [0.2, 0.25) is 0 Å². The number of rotatable bonds is 1. The Morgan fingerprint density at radius 2 is 1.94 bits per heavy atom. The maximum atomic E-state index is 10.9. The van der Waals surface area contributed by atoms with Crippen LogP contribution in [0.1, 0.15) is 6.92 Å². The van der Waals surface area contributed by atoms with Gasteiger partial charge in [-0.3, -0.25) is 4.79 Å². The SMILES string of the molecule is C=CC(=O)N1CCNCC1.CC1CNCCN1. The molecular formula is C12H24N4O. The smallest absolute Gasteiger partial charge is 0.246 e. The average Bonchev–Trinajstić information content (AvgIpc) is 2.40. The van der Waals surface area contributed by atoms with E-state index in [4.69, 9.17) is 0 Å². The number of carbonyl (C=O) groups excluding carboxylic acids is 1. The summed E-state index contributed by atoms with van der Waals surface area (Å²) in [6, 6.07) is 0.675. The summed E-state index contributed by atoms with van der Waals surface area (Å²) in [6.07, 6.45) is 1.37. The zero-order valence-electron chi connectivity index (χ0n) is 10.7. The molecule has 5 nitrogen and oxygen atoms in total. The van der Waals surface area contributed by atoms with Crippen LogP contribution in [0.3, 0.4) is 0 Å². The van der Waals surface area contributed by atoms with Gasteiger partial charge in [-0.1, -0.05) is 6.58 Å². The first-order valence-electron chi connectivity index (χ1n) is 6.30. The van der Waals surface area contributed by atoms with Gasteiger partial charge in [-0.25, -0.2) is 0 Å². The maximum Gasteiger partial charge on any atom is 0.246 e. The third kappa shape index (κ3) is 5.81. The molecule has 3 N–H and O–H groups in total. The number of amides is 1. The molecule has 0 bridgehead atoms.